The number of nitrogens with one attached hydrogen (secondary N) is 1. The molecule has 6 heteroatoms. The number of aromatic amines is 1. The summed E-state index contributed by atoms with van der Waals surface area (Å²) in [5.41, 5.74) is -0.0624. The number of rotatable bonds is 2. The van der Waals surface area contributed by atoms with E-state index in [1.807, 2.05) is 0 Å². The number of nitrogens with zero attached hydrogens (tertiary/aromatic N) is 2. The van der Waals surface area contributed by atoms with E-state index in [1.54, 1.807) is 4.90 Å². The Kier molecular flexibility index (Phi) is 3.53. The molecule has 0 radical (unpaired) electrons. The predicted octanol–water partition coefficient (Wildman–Crippen LogP) is -0.386. The molecule has 0 atom stereocenters. The Balaban J connectivity index is 2.01. The quantitative estimate of drug-likeness (QED) is 0.733. The average Bonchev–Trinajstić information content (AvgIpc) is 2.39. The number of carbonyl (C=O) groups is 1. The highest BCUT2D eigenvalue weighted by molar-refractivity contribution is 5.92. The first-order valence-electron chi connectivity index (χ1n) is 5.66. The van der Waals surface area contributed by atoms with Gasteiger partial charge in [-0.1, -0.05) is 0 Å². The molecule has 0 unspecified atom stereocenters. The molecule has 1 aliphatic heterocycles. The molecule has 0 bridgehead atoms. The topological polar surface area (TPSA) is 86.3 Å². The maximum atomic E-state index is 12.0. The van der Waals surface area contributed by atoms with E-state index < -0.39 is 0 Å². The molecule has 0 aromatic carbocycles. The highest BCUT2D eigenvalue weighted by Crippen LogP contribution is 2.17. The van der Waals surface area contributed by atoms with Gasteiger partial charge < -0.3 is 10.0 Å². The Morgan fingerprint density at radius 2 is 2.18 bits per heavy atom. The molecule has 1 aliphatic rings. The number of hydrogen-bond acceptors (Lipinski definition) is 4. The lowest BCUT2D eigenvalue weighted by Crippen LogP contribution is -2.39. The third kappa shape index (κ3) is 2.71. The molecule has 0 saturated carbocycles. The summed E-state index contributed by atoms with van der Waals surface area (Å²) in [5.74, 6) is 0.125. The maximum Gasteiger partial charge on any atom is 0.274 e. The van der Waals surface area contributed by atoms with Crippen molar-refractivity contribution in [3.63, 3.8) is 0 Å². The van der Waals surface area contributed by atoms with Crippen LogP contribution >= 0.6 is 0 Å². The van der Waals surface area contributed by atoms with Gasteiger partial charge in [-0.15, -0.1) is 0 Å². The number of hydrogen-bond donors (Lipinski definition) is 2. The molecule has 1 aromatic rings. The normalized spacial score (nSPS) is 17.1. The summed E-state index contributed by atoms with van der Waals surface area (Å²) in [6.45, 7) is 1.44. The van der Waals surface area contributed by atoms with Crippen LogP contribution in [0, 0.1) is 5.92 Å². The number of likely N-dealkylation sites (tertiary alicyclic amines) is 1. The Hall–Kier alpha value is -1.69. The second kappa shape index (κ2) is 5.09. The summed E-state index contributed by atoms with van der Waals surface area (Å²) in [4.78, 5) is 24.5. The molecule has 1 aromatic heterocycles. The van der Waals surface area contributed by atoms with Gasteiger partial charge in [-0.2, -0.15) is 5.10 Å². The van der Waals surface area contributed by atoms with Gasteiger partial charge >= 0.3 is 0 Å². The number of amides is 1. The zero-order chi connectivity index (χ0) is 12.3. The minimum absolute atomic E-state index is 0.169. The molecule has 2 heterocycles. The van der Waals surface area contributed by atoms with Crippen molar-refractivity contribution in [2.24, 2.45) is 5.92 Å². The van der Waals surface area contributed by atoms with Crippen LogP contribution in [0.5, 0.6) is 0 Å². The molecule has 1 saturated heterocycles. The Morgan fingerprint density at radius 3 is 2.71 bits per heavy atom. The number of aromatic nitrogens is 2. The van der Waals surface area contributed by atoms with Gasteiger partial charge in [0.1, 0.15) is 5.69 Å². The monoisotopic (exact) mass is 237 g/mol. The first kappa shape index (κ1) is 11.8. The van der Waals surface area contributed by atoms with Crippen molar-refractivity contribution in [1.29, 1.82) is 0 Å². The summed E-state index contributed by atoms with van der Waals surface area (Å²) < 4.78 is 0. The molecule has 1 fully saturated rings. The SMILES string of the molecule is O=C(c1ccc(=O)[nH]n1)N1CCC(CO)CC1. The van der Waals surface area contributed by atoms with Crippen LogP contribution in [0.15, 0.2) is 16.9 Å². The van der Waals surface area contributed by atoms with Gasteiger partial charge in [0.25, 0.3) is 11.5 Å². The molecular formula is C11H15N3O3. The third-order valence-electron chi connectivity index (χ3n) is 3.06. The van der Waals surface area contributed by atoms with Crippen LogP contribution < -0.4 is 5.56 Å². The van der Waals surface area contributed by atoms with E-state index in [0.29, 0.717) is 19.0 Å². The van der Waals surface area contributed by atoms with E-state index >= 15 is 0 Å². The zero-order valence-electron chi connectivity index (χ0n) is 9.43. The fourth-order valence-corrected chi connectivity index (χ4v) is 1.94. The smallest absolute Gasteiger partial charge is 0.274 e. The zero-order valence-corrected chi connectivity index (χ0v) is 9.43. The summed E-state index contributed by atoms with van der Waals surface area (Å²) in [6, 6.07) is 2.72. The molecule has 2 N–H and O–H groups in total. The van der Waals surface area contributed by atoms with Crippen LogP contribution in [0.1, 0.15) is 23.3 Å². The molecule has 17 heavy (non-hydrogen) atoms. The Morgan fingerprint density at radius 1 is 1.47 bits per heavy atom. The number of carbonyl (C=O) groups excluding carboxylic acids is 1. The van der Waals surface area contributed by atoms with Crippen molar-refractivity contribution >= 4 is 5.91 Å². The molecule has 1 amide bonds. The first-order valence-corrected chi connectivity index (χ1v) is 5.66. The van der Waals surface area contributed by atoms with E-state index in [4.69, 9.17) is 5.11 Å². The van der Waals surface area contributed by atoms with E-state index in [-0.39, 0.29) is 23.8 Å². The second-order valence-electron chi connectivity index (χ2n) is 4.22. The summed E-state index contributed by atoms with van der Waals surface area (Å²) in [7, 11) is 0. The van der Waals surface area contributed by atoms with Gasteiger partial charge in [0, 0.05) is 25.8 Å². The van der Waals surface area contributed by atoms with Crippen LogP contribution in [-0.4, -0.2) is 45.8 Å². The largest absolute Gasteiger partial charge is 0.396 e. The van der Waals surface area contributed by atoms with Crippen LogP contribution in [-0.2, 0) is 0 Å². The molecule has 92 valence electrons. The minimum Gasteiger partial charge on any atom is -0.396 e. The standard InChI is InChI=1S/C11H15N3O3/c15-7-8-3-5-14(6-4-8)11(17)9-1-2-10(16)13-12-9/h1-2,8,15H,3-7H2,(H,13,16). The predicted molar refractivity (Wildman–Crippen MR) is 60.6 cm³/mol. The maximum absolute atomic E-state index is 12.0. The minimum atomic E-state index is -0.319. The molecule has 6 nitrogen and oxygen atoms in total. The van der Waals surface area contributed by atoms with Crippen molar-refractivity contribution in [1.82, 2.24) is 15.1 Å². The van der Waals surface area contributed by atoms with Gasteiger partial charge in [-0.3, -0.25) is 9.59 Å². The lowest BCUT2D eigenvalue weighted by molar-refractivity contribution is 0.0644. The Bertz CT molecular complexity index is 429. The number of aliphatic hydroxyl groups excluding tert-OH is 1. The number of aliphatic hydroxyl groups is 1. The summed E-state index contributed by atoms with van der Waals surface area (Å²) in [5, 5.41) is 15.0. The fraction of sp³-hybridized carbons (Fsp3) is 0.545. The first-order chi connectivity index (χ1) is 8.20. The average molecular weight is 237 g/mol. The number of H-pyrrole nitrogens is 1. The van der Waals surface area contributed by atoms with Gasteiger partial charge in [0.05, 0.1) is 0 Å². The van der Waals surface area contributed by atoms with Crippen LogP contribution in [0.25, 0.3) is 0 Å². The van der Waals surface area contributed by atoms with Crippen LogP contribution in [0.2, 0.25) is 0 Å². The fourth-order valence-electron chi connectivity index (χ4n) is 1.94. The van der Waals surface area contributed by atoms with E-state index in [2.05, 4.69) is 10.2 Å². The highest BCUT2D eigenvalue weighted by Gasteiger charge is 2.23. The van der Waals surface area contributed by atoms with Crippen molar-refractivity contribution in [2.75, 3.05) is 19.7 Å². The molecule has 2 rings (SSSR count). The van der Waals surface area contributed by atoms with E-state index in [1.165, 1.54) is 12.1 Å². The Labute approximate surface area is 98.3 Å². The molecular weight excluding hydrogens is 222 g/mol. The van der Waals surface area contributed by atoms with Gasteiger partial charge in [0.15, 0.2) is 0 Å². The van der Waals surface area contributed by atoms with Crippen molar-refractivity contribution in [2.45, 2.75) is 12.8 Å². The van der Waals surface area contributed by atoms with E-state index in [0.717, 1.165) is 12.8 Å². The number of piperidine rings is 1. The summed E-state index contributed by atoms with van der Waals surface area (Å²) in [6.07, 6.45) is 1.62. The van der Waals surface area contributed by atoms with Gasteiger partial charge in [0.2, 0.25) is 0 Å². The van der Waals surface area contributed by atoms with Gasteiger partial charge in [-0.25, -0.2) is 5.10 Å². The van der Waals surface area contributed by atoms with Crippen LogP contribution in [0.4, 0.5) is 0 Å². The highest BCUT2D eigenvalue weighted by atomic mass is 16.3. The molecule has 0 aliphatic carbocycles. The van der Waals surface area contributed by atoms with E-state index in [9.17, 15) is 9.59 Å². The van der Waals surface area contributed by atoms with Crippen molar-refractivity contribution in [3.05, 3.63) is 28.2 Å². The summed E-state index contributed by atoms with van der Waals surface area (Å²) >= 11 is 0. The molecule has 0 spiro atoms. The van der Waals surface area contributed by atoms with Crippen LogP contribution in [0.3, 0.4) is 0 Å². The van der Waals surface area contributed by atoms with Gasteiger partial charge in [-0.05, 0) is 24.8 Å². The van der Waals surface area contributed by atoms with Crippen molar-refractivity contribution in [3.8, 4) is 0 Å². The second-order valence-corrected chi connectivity index (χ2v) is 4.22. The van der Waals surface area contributed by atoms with Crippen molar-refractivity contribution < 1.29 is 9.90 Å². The third-order valence-corrected chi connectivity index (χ3v) is 3.06. The lowest BCUT2D eigenvalue weighted by Gasteiger charge is -2.30. The lowest BCUT2D eigenvalue weighted by atomic mass is 9.98.